The second-order valence-corrected chi connectivity index (χ2v) is 6.95. The Kier molecular flexibility index (Phi) is 4.54. The number of alkyl halides is 3. The fourth-order valence-electron chi connectivity index (χ4n) is 3.64. The Morgan fingerprint density at radius 2 is 1.94 bits per heavy atom. The second-order valence-electron chi connectivity index (χ2n) is 6.95. The lowest BCUT2D eigenvalue weighted by Crippen LogP contribution is -2.10. The first-order valence-corrected chi connectivity index (χ1v) is 9.48. The fraction of sp³-hybridized carbons (Fsp3) is 0.250. The quantitative estimate of drug-likeness (QED) is 0.536. The third kappa shape index (κ3) is 3.46. The topological polar surface area (TPSA) is 102 Å². The van der Waals surface area contributed by atoms with Crippen LogP contribution in [0.3, 0.4) is 0 Å². The van der Waals surface area contributed by atoms with Gasteiger partial charge in [0.05, 0.1) is 19.3 Å². The predicted molar refractivity (Wildman–Crippen MR) is 104 cm³/mol. The van der Waals surface area contributed by atoms with Crippen molar-refractivity contribution in [2.24, 2.45) is 4.99 Å². The molecule has 5 rings (SSSR count). The summed E-state index contributed by atoms with van der Waals surface area (Å²) in [4.78, 5) is 13.0. The lowest BCUT2D eigenvalue weighted by atomic mass is 10.0. The molecule has 11 heteroatoms. The molecule has 0 aliphatic heterocycles. The van der Waals surface area contributed by atoms with Gasteiger partial charge in [0.25, 0.3) is 5.89 Å². The van der Waals surface area contributed by atoms with Gasteiger partial charge in [-0.05, 0) is 36.1 Å². The summed E-state index contributed by atoms with van der Waals surface area (Å²) in [7, 11) is 0. The van der Waals surface area contributed by atoms with Crippen LogP contribution in [0.25, 0.3) is 28.6 Å². The number of benzene rings is 1. The Hall–Kier alpha value is -3.60. The van der Waals surface area contributed by atoms with Gasteiger partial charge in [-0.3, -0.25) is 4.99 Å². The van der Waals surface area contributed by atoms with E-state index < -0.39 is 11.9 Å². The third-order valence-corrected chi connectivity index (χ3v) is 5.00. The molecule has 1 aliphatic rings. The summed E-state index contributed by atoms with van der Waals surface area (Å²) in [5.74, 6) is 0.440. The number of halogens is 3. The number of hydrogen-bond acceptors (Lipinski definition) is 7. The Balaban J connectivity index is 1.50. The maximum Gasteiger partial charge on any atom is 0.435 e. The third-order valence-electron chi connectivity index (χ3n) is 5.00. The van der Waals surface area contributed by atoms with Crippen LogP contribution < -0.4 is 0 Å². The van der Waals surface area contributed by atoms with Crippen LogP contribution in [0.5, 0.6) is 0 Å². The highest BCUT2D eigenvalue weighted by Gasteiger charge is 2.33. The van der Waals surface area contributed by atoms with Crippen molar-refractivity contribution >= 4 is 11.4 Å². The van der Waals surface area contributed by atoms with Crippen molar-refractivity contribution in [2.45, 2.75) is 19.0 Å². The van der Waals surface area contributed by atoms with E-state index in [-0.39, 0.29) is 23.8 Å². The van der Waals surface area contributed by atoms with Gasteiger partial charge in [0.15, 0.2) is 11.3 Å². The summed E-state index contributed by atoms with van der Waals surface area (Å²) < 4.78 is 45.0. The van der Waals surface area contributed by atoms with Crippen molar-refractivity contribution < 1.29 is 22.8 Å². The summed E-state index contributed by atoms with van der Waals surface area (Å²) in [5.41, 5.74) is 3.20. The molecular weight excluding hydrogens is 413 g/mol. The molecule has 0 bridgehead atoms. The molecular formula is C20H15F3N6O2. The van der Waals surface area contributed by atoms with Crippen LogP contribution in [0.2, 0.25) is 0 Å². The van der Waals surface area contributed by atoms with Gasteiger partial charge in [-0.1, -0.05) is 23.4 Å². The van der Waals surface area contributed by atoms with Crippen LogP contribution in [0.4, 0.5) is 13.2 Å². The first-order valence-electron chi connectivity index (χ1n) is 9.48. The molecule has 1 aliphatic carbocycles. The first-order chi connectivity index (χ1) is 14.9. The predicted octanol–water partition coefficient (Wildman–Crippen LogP) is 3.19. The average Bonchev–Trinajstić information content (AvgIpc) is 3.48. The van der Waals surface area contributed by atoms with Gasteiger partial charge in [-0.2, -0.15) is 23.3 Å². The molecule has 1 aromatic carbocycles. The monoisotopic (exact) mass is 428 g/mol. The lowest BCUT2D eigenvalue weighted by molar-refractivity contribution is -0.141. The number of hydrogen-bond donors (Lipinski definition) is 1. The molecule has 0 saturated heterocycles. The molecule has 0 unspecified atom stereocenters. The Morgan fingerprint density at radius 1 is 1.10 bits per heavy atom. The van der Waals surface area contributed by atoms with Crippen molar-refractivity contribution in [1.29, 1.82) is 0 Å². The van der Waals surface area contributed by atoms with E-state index in [2.05, 4.69) is 25.2 Å². The summed E-state index contributed by atoms with van der Waals surface area (Å²) in [6.07, 6.45) is -1.71. The van der Waals surface area contributed by atoms with E-state index in [0.717, 1.165) is 45.8 Å². The summed E-state index contributed by atoms with van der Waals surface area (Å²) in [6, 6.07) is 7.82. The molecule has 0 atom stereocenters. The number of aliphatic hydroxyl groups excluding tert-OH is 1. The highest BCUT2D eigenvalue weighted by Crippen LogP contribution is 2.33. The summed E-state index contributed by atoms with van der Waals surface area (Å²) in [5, 5.41) is 16.6. The minimum Gasteiger partial charge on any atom is -0.394 e. The number of nitrogens with zero attached hydrogens (tertiary/aromatic N) is 6. The molecule has 1 N–H and O–H groups in total. The van der Waals surface area contributed by atoms with Gasteiger partial charge >= 0.3 is 6.18 Å². The number of aliphatic imine (C=N–C) groups is 1. The average molecular weight is 428 g/mol. The van der Waals surface area contributed by atoms with Gasteiger partial charge in [-0.15, -0.1) is 0 Å². The maximum absolute atomic E-state index is 12.9. The van der Waals surface area contributed by atoms with Crippen molar-refractivity contribution in [3.63, 3.8) is 0 Å². The SMILES string of the molecule is OCC/N=C1\CCc2c1cccc2-c1noc(-c2cn3nc(C(F)(F)F)ccc3n2)n1. The molecule has 0 spiro atoms. The molecule has 31 heavy (non-hydrogen) atoms. The lowest BCUT2D eigenvalue weighted by Gasteiger charge is -2.04. The molecule has 0 radical (unpaired) electrons. The number of aromatic nitrogens is 5. The van der Waals surface area contributed by atoms with Gasteiger partial charge in [0, 0.05) is 11.3 Å². The van der Waals surface area contributed by atoms with Crippen molar-refractivity contribution in [3.8, 4) is 23.0 Å². The molecule has 0 amide bonds. The molecule has 158 valence electrons. The van der Waals surface area contributed by atoms with Crippen LogP contribution in [0, 0.1) is 0 Å². The normalized spacial score (nSPS) is 15.2. The van der Waals surface area contributed by atoms with E-state index in [4.69, 9.17) is 9.63 Å². The van der Waals surface area contributed by atoms with Gasteiger partial charge < -0.3 is 9.63 Å². The Bertz CT molecular complexity index is 1310. The van der Waals surface area contributed by atoms with Crippen molar-refractivity contribution in [1.82, 2.24) is 24.7 Å². The van der Waals surface area contributed by atoms with Crippen LogP contribution in [0.1, 0.15) is 23.2 Å². The molecule has 0 saturated carbocycles. The van der Waals surface area contributed by atoms with Gasteiger partial charge in [-0.25, -0.2) is 9.50 Å². The smallest absolute Gasteiger partial charge is 0.394 e. The van der Waals surface area contributed by atoms with Gasteiger partial charge in [0.2, 0.25) is 5.82 Å². The molecule has 3 heterocycles. The zero-order chi connectivity index (χ0) is 21.6. The van der Waals surface area contributed by atoms with Crippen molar-refractivity contribution in [3.05, 3.63) is 53.3 Å². The van der Waals surface area contributed by atoms with Crippen molar-refractivity contribution in [2.75, 3.05) is 13.2 Å². The van der Waals surface area contributed by atoms with Crippen LogP contribution in [0.15, 0.2) is 46.0 Å². The minimum absolute atomic E-state index is 0.00887. The maximum atomic E-state index is 12.9. The molecule has 4 aromatic rings. The second kappa shape index (κ2) is 7.27. The minimum atomic E-state index is -4.55. The van der Waals surface area contributed by atoms with E-state index >= 15 is 0 Å². The highest BCUT2D eigenvalue weighted by atomic mass is 19.4. The molecule has 3 aromatic heterocycles. The van der Waals surface area contributed by atoms with Crippen LogP contribution in [-0.2, 0) is 12.6 Å². The van der Waals surface area contributed by atoms with Crippen LogP contribution in [-0.4, -0.2) is 48.7 Å². The zero-order valence-electron chi connectivity index (χ0n) is 16.0. The number of aliphatic hydroxyl groups is 1. The van der Waals surface area contributed by atoms with E-state index in [0.29, 0.717) is 12.4 Å². The Labute approximate surface area is 173 Å². The number of fused-ring (bicyclic) bond motifs is 2. The van der Waals surface area contributed by atoms with Crippen LogP contribution >= 0.6 is 0 Å². The summed E-state index contributed by atoms with van der Waals surface area (Å²) >= 11 is 0. The zero-order valence-corrected chi connectivity index (χ0v) is 16.0. The molecule has 0 fully saturated rings. The highest BCUT2D eigenvalue weighted by molar-refractivity contribution is 6.06. The largest absolute Gasteiger partial charge is 0.435 e. The fourth-order valence-corrected chi connectivity index (χ4v) is 3.64. The number of rotatable bonds is 4. The van der Waals surface area contributed by atoms with E-state index in [1.165, 1.54) is 12.3 Å². The number of imidazole rings is 1. The summed E-state index contributed by atoms with van der Waals surface area (Å²) in [6.45, 7) is 0.342. The Morgan fingerprint density at radius 3 is 2.74 bits per heavy atom. The van der Waals surface area contributed by atoms with Gasteiger partial charge in [0.1, 0.15) is 5.69 Å². The van der Waals surface area contributed by atoms with E-state index in [1.807, 2.05) is 18.2 Å². The molecule has 8 nitrogen and oxygen atoms in total. The standard InChI is InChI=1S/C20H15F3N6O2/c21-20(22,23)16-6-7-17-25-15(10-29(17)27-16)19-26-18(28-31-19)13-3-1-2-12-11(13)4-5-14(12)24-8-9-30/h1-3,6-7,10,30H,4-5,8-9H2/b24-14+. The first kappa shape index (κ1) is 19.4. The van der Waals surface area contributed by atoms with E-state index in [1.54, 1.807) is 0 Å². The van der Waals surface area contributed by atoms with E-state index in [9.17, 15) is 13.2 Å².